The molecule has 2 amide bonds. The minimum atomic E-state index is -0.462. The molecule has 5 nitrogen and oxygen atoms in total. The predicted molar refractivity (Wildman–Crippen MR) is 95.6 cm³/mol. The molecular formula is C19H29N3O2. The summed E-state index contributed by atoms with van der Waals surface area (Å²) in [6, 6.07) is 10.5. The zero-order chi connectivity index (χ0) is 17.6. The highest BCUT2D eigenvalue weighted by Crippen LogP contribution is 2.12. The summed E-state index contributed by atoms with van der Waals surface area (Å²) in [4.78, 5) is 28.3. The molecule has 0 aromatic heterocycles. The van der Waals surface area contributed by atoms with Crippen LogP contribution >= 0.6 is 0 Å². The first-order chi connectivity index (χ1) is 11.4. The van der Waals surface area contributed by atoms with E-state index < -0.39 is 5.41 Å². The van der Waals surface area contributed by atoms with E-state index in [4.69, 9.17) is 0 Å². The molecule has 0 spiro atoms. The van der Waals surface area contributed by atoms with Crippen LogP contribution in [0.1, 0.15) is 26.3 Å². The predicted octanol–water partition coefficient (Wildman–Crippen LogP) is 1.54. The Morgan fingerprint density at radius 3 is 2.25 bits per heavy atom. The van der Waals surface area contributed by atoms with Gasteiger partial charge in [0.2, 0.25) is 11.8 Å². The summed E-state index contributed by atoms with van der Waals surface area (Å²) >= 11 is 0. The van der Waals surface area contributed by atoms with Crippen LogP contribution in [0.3, 0.4) is 0 Å². The van der Waals surface area contributed by atoms with Crippen molar-refractivity contribution in [3.63, 3.8) is 0 Å². The first-order valence-electron chi connectivity index (χ1n) is 8.68. The van der Waals surface area contributed by atoms with E-state index in [2.05, 4.69) is 34.5 Å². The Kier molecular flexibility index (Phi) is 6.37. The Morgan fingerprint density at radius 1 is 1.04 bits per heavy atom. The first kappa shape index (κ1) is 18.5. The summed E-state index contributed by atoms with van der Waals surface area (Å²) in [5.74, 6) is -0.0762. The molecule has 1 aliphatic rings. The zero-order valence-corrected chi connectivity index (χ0v) is 15.0. The van der Waals surface area contributed by atoms with Crippen LogP contribution in [0.2, 0.25) is 0 Å². The van der Waals surface area contributed by atoms with Crippen LogP contribution in [-0.4, -0.2) is 60.9 Å². The van der Waals surface area contributed by atoms with E-state index in [0.717, 1.165) is 39.1 Å². The smallest absolute Gasteiger partial charge is 0.242 e. The molecule has 2 rings (SSSR count). The van der Waals surface area contributed by atoms with E-state index in [1.807, 2.05) is 31.7 Å². The molecule has 1 heterocycles. The van der Waals surface area contributed by atoms with Gasteiger partial charge in [0.25, 0.3) is 0 Å². The number of carbonyl (C=O) groups is 2. The van der Waals surface area contributed by atoms with Gasteiger partial charge in [0, 0.05) is 38.1 Å². The minimum Gasteiger partial charge on any atom is -0.347 e. The summed E-state index contributed by atoms with van der Waals surface area (Å²) < 4.78 is 0. The highest BCUT2D eigenvalue weighted by atomic mass is 16.2. The third-order valence-electron chi connectivity index (χ3n) is 4.37. The van der Waals surface area contributed by atoms with Crippen molar-refractivity contribution >= 4 is 11.8 Å². The summed E-state index contributed by atoms with van der Waals surface area (Å²) in [6.07, 6.45) is 1.04. The van der Waals surface area contributed by atoms with E-state index in [1.54, 1.807) is 0 Å². The summed E-state index contributed by atoms with van der Waals surface area (Å²) in [6.45, 7) is 9.91. The fraction of sp³-hybridized carbons (Fsp3) is 0.579. The lowest BCUT2D eigenvalue weighted by Crippen LogP contribution is -2.52. The van der Waals surface area contributed by atoms with E-state index in [0.29, 0.717) is 0 Å². The molecule has 132 valence electrons. The Balaban J connectivity index is 1.68. The van der Waals surface area contributed by atoms with E-state index in [-0.39, 0.29) is 18.4 Å². The molecule has 5 heteroatoms. The van der Waals surface area contributed by atoms with Gasteiger partial charge in [-0.3, -0.25) is 14.5 Å². The number of amides is 2. The minimum absolute atomic E-state index is 0.00955. The molecule has 1 saturated heterocycles. The lowest BCUT2D eigenvalue weighted by Gasteiger charge is -2.35. The number of benzene rings is 1. The number of hydrogen-bond donors (Lipinski definition) is 1. The van der Waals surface area contributed by atoms with Crippen LogP contribution in [0, 0.1) is 5.41 Å². The van der Waals surface area contributed by atoms with Crippen LogP contribution in [0.5, 0.6) is 0 Å². The molecule has 1 aromatic rings. The van der Waals surface area contributed by atoms with Gasteiger partial charge in [-0.2, -0.15) is 0 Å². The fourth-order valence-corrected chi connectivity index (χ4v) is 2.69. The maximum absolute atomic E-state index is 12.2. The van der Waals surface area contributed by atoms with E-state index in [9.17, 15) is 9.59 Å². The lowest BCUT2D eigenvalue weighted by atomic mass is 9.96. The van der Waals surface area contributed by atoms with E-state index >= 15 is 0 Å². The zero-order valence-electron chi connectivity index (χ0n) is 15.0. The molecule has 0 atom stereocenters. The van der Waals surface area contributed by atoms with Gasteiger partial charge in [-0.25, -0.2) is 0 Å². The largest absolute Gasteiger partial charge is 0.347 e. The third kappa shape index (κ3) is 5.64. The number of nitrogens with zero attached hydrogens (tertiary/aromatic N) is 2. The van der Waals surface area contributed by atoms with Crippen LogP contribution in [0.4, 0.5) is 0 Å². The van der Waals surface area contributed by atoms with Crippen molar-refractivity contribution in [3.05, 3.63) is 35.9 Å². The molecule has 0 unspecified atom stereocenters. The molecule has 0 aliphatic carbocycles. The van der Waals surface area contributed by atoms with Crippen molar-refractivity contribution in [1.82, 2.24) is 15.1 Å². The van der Waals surface area contributed by atoms with Gasteiger partial charge in [-0.15, -0.1) is 0 Å². The summed E-state index contributed by atoms with van der Waals surface area (Å²) in [5, 5.41) is 2.73. The molecule has 1 N–H and O–H groups in total. The van der Waals surface area contributed by atoms with Crippen LogP contribution in [0.15, 0.2) is 30.3 Å². The molecule has 0 radical (unpaired) electrons. The van der Waals surface area contributed by atoms with Crippen LogP contribution < -0.4 is 5.32 Å². The van der Waals surface area contributed by atoms with Crippen LogP contribution in [0.25, 0.3) is 0 Å². The molecule has 1 fully saturated rings. The Bertz CT molecular complexity index is 543. The highest BCUT2D eigenvalue weighted by Gasteiger charge is 2.24. The van der Waals surface area contributed by atoms with Gasteiger partial charge < -0.3 is 10.2 Å². The average Bonchev–Trinajstić information content (AvgIpc) is 2.58. The van der Waals surface area contributed by atoms with Crippen molar-refractivity contribution in [1.29, 1.82) is 0 Å². The third-order valence-corrected chi connectivity index (χ3v) is 4.37. The maximum Gasteiger partial charge on any atom is 0.242 e. The second kappa shape index (κ2) is 8.29. The Hall–Kier alpha value is -1.88. The van der Waals surface area contributed by atoms with Crippen molar-refractivity contribution in [2.45, 2.75) is 27.2 Å². The lowest BCUT2D eigenvalue weighted by molar-refractivity contribution is -0.136. The molecular weight excluding hydrogens is 302 g/mol. The molecule has 1 aliphatic heterocycles. The number of carbonyl (C=O) groups excluding carboxylic acids is 2. The normalized spacial score (nSPS) is 16.0. The number of nitrogens with one attached hydrogen (secondary N) is 1. The van der Waals surface area contributed by atoms with Crippen molar-refractivity contribution in [2.75, 3.05) is 39.3 Å². The number of rotatable bonds is 5. The van der Waals surface area contributed by atoms with Gasteiger partial charge in [0.05, 0.1) is 6.54 Å². The van der Waals surface area contributed by atoms with Crippen molar-refractivity contribution in [2.24, 2.45) is 5.41 Å². The average molecular weight is 331 g/mol. The molecule has 1 aromatic carbocycles. The number of hydrogen-bond acceptors (Lipinski definition) is 3. The summed E-state index contributed by atoms with van der Waals surface area (Å²) in [5.41, 5.74) is 0.886. The van der Waals surface area contributed by atoms with Gasteiger partial charge in [0.15, 0.2) is 0 Å². The van der Waals surface area contributed by atoms with Crippen molar-refractivity contribution in [3.8, 4) is 0 Å². The monoisotopic (exact) mass is 331 g/mol. The van der Waals surface area contributed by atoms with E-state index in [1.165, 1.54) is 5.56 Å². The first-order valence-corrected chi connectivity index (χ1v) is 8.68. The second-order valence-electron chi connectivity index (χ2n) is 7.39. The van der Waals surface area contributed by atoms with Gasteiger partial charge in [0.1, 0.15) is 0 Å². The quantitative estimate of drug-likeness (QED) is 0.890. The fourth-order valence-electron chi connectivity index (χ4n) is 2.69. The molecule has 0 saturated carbocycles. The molecule has 24 heavy (non-hydrogen) atoms. The van der Waals surface area contributed by atoms with Gasteiger partial charge in [-0.05, 0) is 12.0 Å². The molecule has 0 bridgehead atoms. The Morgan fingerprint density at radius 2 is 1.67 bits per heavy atom. The Labute approximate surface area is 145 Å². The second-order valence-corrected chi connectivity index (χ2v) is 7.39. The highest BCUT2D eigenvalue weighted by molar-refractivity contribution is 5.87. The standard InChI is InChI=1S/C19H29N3O2/c1-19(2,3)18(24)20-15-17(23)22-13-11-21(12-14-22)10-9-16-7-5-4-6-8-16/h4-8H,9-15H2,1-3H3,(H,20,24). The van der Waals surface area contributed by atoms with Gasteiger partial charge >= 0.3 is 0 Å². The number of piperazine rings is 1. The summed E-state index contributed by atoms with van der Waals surface area (Å²) in [7, 11) is 0. The maximum atomic E-state index is 12.2. The SMILES string of the molecule is CC(C)(C)C(=O)NCC(=O)N1CCN(CCc2ccccc2)CC1. The van der Waals surface area contributed by atoms with Gasteiger partial charge in [-0.1, -0.05) is 51.1 Å². The van der Waals surface area contributed by atoms with Crippen LogP contribution in [-0.2, 0) is 16.0 Å². The topological polar surface area (TPSA) is 52.7 Å². The van der Waals surface area contributed by atoms with Crippen molar-refractivity contribution < 1.29 is 9.59 Å².